The van der Waals surface area contributed by atoms with Crippen molar-refractivity contribution in [2.75, 3.05) is 18.9 Å². The largest absolute Gasteiger partial charge is 0.490 e. The second-order valence-electron chi connectivity index (χ2n) is 9.30. The predicted molar refractivity (Wildman–Crippen MR) is 130 cm³/mol. The van der Waals surface area contributed by atoms with Crippen LogP contribution in [0.2, 0.25) is 0 Å². The van der Waals surface area contributed by atoms with Gasteiger partial charge in [0.25, 0.3) is 11.8 Å². The minimum Gasteiger partial charge on any atom is -0.490 e. The molecule has 1 heterocycles. The number of nitrogens with one attached hydrogen (secondary N) is 1. The molecule has 2 amide bonds. The molecule has 1 aliphatic carbocycles. The van der Waals surface area contributed by atoms with Crippen molar-refractivity contribution in [1.82, 2.24) is 9.62 Å². The molecule has 1 fully saturated rings. The highest BCUT2D eigenvalue weighted by Gasteiger charge is 2.34. The van der Waals surface area contributed by atoms with Gasteiger partial charge in [-0.05, 0) is 61.9 Å². The van der Waals surface area contributed by atoms with Gasteiger partial charge in [-0.1, -0.05) is 37.5 Å². The Morgan fingerprint density at radius 3 is 2.40 bits per heavy atom. The molecule has 1 atom stereocenters. The normalized spacial score (nSPS) is 16.5. The van der Waals surface area contributed by atoms with Gasteiger partial charge in [0, 0.05) is 12.6 Å². The van der Waals surface area contributed by atoms with E-state index >= 15 is 0 Å². The first kappa shape index (κ1) is 25.3. The molecule has 2 aliphatic rings. The molecule has 0 spiro atoms. The summed E-state index contributed by atoms with van der Waals surface area (Å²) in [4.78, 5) is 26.0. The van der Waals surface area contributed by atoms with Crippen LogP contribution in [0.4, 0.5) is 4.39 Å². The monoisotopic (exact) mass is 502 g/mol. The lowest BCUT2D eigenvalue weighted by molar-refractivity contribution is 0.0651. The molecule has 2 aromatic rings. The number of carbonyl (C=O) groups excluding carboxylic acids is 2. The lowest BCUT2D eigenvalue weighted by atomic mass is 10.1. The summed E-state index contributed by atoms with van der Waals surface area (Å²) in [7, 11) is -3.57. The van der Waals surface area contributed by atoms with Gasteiger partial charge in [-0.3, -0.25) is 14.5 Å². The summed E-state index contributed by atoms with van der Waals surface area (Å²) in [5.74, 6) is -0.321. The van der Waals surface area contributed by atoms with Gasteiger partial charge in [0.15, 0.2) is 11.6 Å². The molecule has 0 bridgehead atoms. The van der Waals surface area contributed by atoms with Crippen LogP contribution < -0.4 is 9.46 Å². The van der Waals surface area contributed by atoms with Gasteiger partial charge >= 0.3 is 0 Å². The summed E-state index contributed by atoms with van der Waals surface area (Å²) < 4.78 is 47.4. The maximum atomic E-state index is 14.1. The van der Waals surface area contributed by atoms with Crippen LogP contribution in [0.1, 0.15) is 77.8 Å². The zero-order valence-electron chi connectivity index (χ0n) is 19.8. The summed E-state index contributed by atoms with van der Waals surface area (Å²) in [6, 6.07) is 10.6. The number of rotatable bonds is 13. The minimum atomic E-state index is -3.57. The quantitative estimate of drug-likeness (QED) is 0.323. The van der Waals surface area contributed by atoms with Crippen molar-refractivity contribution in [2.45, 2.75) is 51.5 Å². The van der Waals surface area contributed by atoms with Gasteiger partial charge in [0.1, 0.15) is 0 Å². The zero-order chi connectivity index (χ0) is 25.0. The highest BCUT2D eigenvalue weighted by atomic mass is 32.2. The van der Waals surface area contributed by atoms with Crippen molar-refractivity contribution in [3.63, 3.8) is 0 Å². The highest BCUT2D eigenvalue weighted by molar-refractivity contribution is 7.89. The number of imide groups is 1. The molecule has 9 heteroatoms. The van der Waals surface area contributed by atoms with E-state index in [9.17, 15) is 22.4 Å². The average molecular weight is 503 g/mol. The van der Waals surface area contributed by atoms with Crippen molar-refractivity contribution in [2.24, 2.45) is 5.92 Å². The van der Waals surface area contributed by atoms with E-state index in [1.165, 1.54) is 23.8 Å². The van der Waals surface area contributed by atoms with Gasteiger partial charge in [-0.2, -0.15) is 0 Å². The van der Waals surface area contributed by atoms with Crippen LogP contribution in [-0.2, 0) is 10.0 Å². The molecular weight excluding hydrogens is 471 g/mol. The summed E-state index contributed by atoms with van der Waals surface area (Å²) in [6.07, 6.45) is 4.78. The molecule has 35 heavy (non-hydrogen) atoms. The van der Waals surface area contributed by atoms with Gasteiger partial charge in [-0.15, -0.1) is 0 Å². The second kappa shape index (κ2) is 10.9. The molecule has 1 unspecified atom stereocenters. The van der Waals surface area contributed by atoms with Crippen LogP contribution in [0, 0.1) is 11.7 Å². The SMILES string of the molecule is CC(NS(=O)(=O)CCCCCN1C(=O)c2ccccc2C1=O)c1ccc(F)c(OCCC2CC2)c1. The first-order valence-electron chi connectivity index (χ1n) is 12.1. The van der Waals surface area contributed by atoms with E-state index in [1.54, 1.807) is 43.3 Å². The Morgan fingerprint density at radius 2 is 1.74 bits per heavy atom. The Bertz CT molecular complexity index is 1160. The van der Waals surface area contributed by atoms with E-state index < -0.39 is 21.9 Å². The van der Waals surface area contributed by atoms with E-state index in [2.05, 4.69) is 4.72 Å². The van der Waals surface area contributed by atoms with E-state index in [4.69, 9.17) is 4.74 Å². The fourth-order valence-corrected chi connectivity index (χ4v) is 5.60. The zero-order valence-corrected chi connectivity index (χ0v) is 20.7. The number of carbonyl (C=O) groups is 2. The molecule has 188 valence electrons. The van der Waals surface area contributed by atoms with Crippen molar-refractivity contribution >= 4 is 21.8 Å². The molecule has 7 nitrogen and oxygen atoms in total. The van der Waals surface area contributed by atoms with E-state index in [-0.39, 0.29) is 29.9 Å². The standard InChI is InChI=1S/C26H31FN2O5S/c1-18(20-11-12-23(27)24(17-20)34-15-13-19-9-10-19)28-35(32,33)16-6-2-5-14-29-25(30)21-7-3-4-8-22(21)26(29)31/h3-4,7-8,11-12,17-19,28H,2,5-6,9-10,13-16H2,1H3. The Labute approximate surface area is 205 Å². The predicted octanol–water partition coefficient (Wildman–Crippen LogP) is 4.45. The number of fused-ring (bicyclic) bond motifs is 1. The van der Waals surface area contributed by atoms with Gasteiger partial charge in [0.2, 0.25) is 10.0 Å². The molecule has 0 saturated heterocycles. The Morgan fingerprint density at radius 1 is 1.06 bits per heavy atom. The fraction of sp³-hybridized carbons (Fsp3) is 0.462. The maximum absolute atomic E-state index is 14.1. The van der Waals surface area contributed by atoms with Crippen LogP contribution in [0.5, 0.6) is 5.75 Å². The minimum absolute atomic E-state index is 0.0780. The van der Waals surface area contributed by atoms with E-state index in [1.807, 2.05) is 0 Å². The second-order valence-corrected chi connectivity index (χ2v) is 11.2. The molecule has 0 radical (unpaired) electrons. The van der Waals surface area contributed by atoms with Crippen molar-refractivity contribution < 1.29 is 27.1 Å². The maximum Gasteiger partial charge on any atom is 0.261 e. The third-order valence-electron chi connectivity index (χ3n) is 6.47. The van der Waals surface area contributed by atoms with Crippen LogP contribution in [0.25, 0.3) is 0 Å². The highest BCUT2D eigenvalue weighted by Crippen LogP contribution is 2.32. The van der Waals surface area contributed by atoms with Crippen molar-refractivity contribution in [3.8, 4) is 5.75 Å². The third-order valence-corrected chi connectivity index (χ3v) is 8.00. The topological polar surface area (TPSA) is 92.8 Å². The Hall–Kier alpha value is -2.78. The molecule has 1 saturated carbocycles. The number of ether oxygens (including phenoxy) is 1. The smallest absolute Gasteiger partial charge is 0.261 e. The average Bonchev–Trinajstić information content (AvgIpc) is 3.62. The molecular formula is C26H31FN2O5S. The molecule has 0 aromatic heterocycles. The number of nitrogens with zero attached hydrogens (tertiary/aromatic N) is 1. The first-order chi connectivity index (χ1) is 16.7. The number of sulfonamides is 1. The van der Waals surface area contributed by atoms with Crippen LogP contribution in [-0.4, -0.2) is 44.0 Å². The molecule has 1 aliphatic heterocycles. The number of halogens is 1. The van der Waals surface area contributed by atoms with Gasteiger partial charge < -0.3 is 4.74 Å². The Kier molecular flexibility index (Phi) is 7.86. The third kappa shape index (κ3) is 6.46. The van der Waals surface area contributed by atoms with Gasteiger partial charge in [-0.25, -0.2) is 17.5 Å². The number of hydrogen-bond acceptors (Lipinski definition) is 5. The molecule has 2 aromatic carbocycles. The molecule has 1 N–H and O–H groups in total. The van der Waals surface area contributed by atoms with E-state index in [0.29, 0.717) is 48.5 Å². The van der Waals surface area contributed by atoms with Crippen LogP contribution >= 0.6 is 0 Å². The van der Waals surface area contributed by atoms with Crippen molar-refractivity contribution in [1.29, 1.82) is 0 Å². The molecule has 4 rings (SSSR count). The summed E-state index contributed by atoms with van der Waals surface area (Å²) in [5, 5.41) is 0. The summed E-state index contributed by atoms with van der Waals surface area (Å²) in [6.45, 7) is 2.42. The number of hydrogen-bond donors (Lipinski definition) is 1. The van der Waals surface area contributed by atoms with Crippen LogP contribution in [0.3, 0.4) is 0 Å². The first-order valence-corrected chi connectivity index (χ1v) is 13.8. The van der Waals surface area contributed by atoms with Crippen LogP contribution in [0.15, 0.2) is 42.5 Å². The number of unbranched alkanes of at least 4 members (excludes halogenated alkanes) is 2. The van der Waals surface area contributed by atoms with Gasteiger partial charge in [0.05, 0.1) is 23.5 Å². The number of benzene rings is 2. The lowest BCUT2D eigenvalue weighted by Crippen LogP contribution is -2.31. The van der Waals surface area contributed by atoms with E-state index in [0.717, 1.165) is 6.42 Å². The number of amides is 2. The summed E-state index contributed by atoms with van der Waals surface area (Å²) >= 11 is 0. The van der Waals surface area contributed by atoms with Crippen molar-refractivity contribution in [3.05, 3.63) is 65.0 Å². The Balaban J connectivity index is 1.21. The fourth-order valence-electron chi connectivity index (χ4n) is 4.22. The summed E-state index contributed by atoms with van der Waals surface area (Å²) in [5.41, 5.74) is 1.45. The lowest BCUT2D eigenvalue weighted by Gasteiger charge is -2.17.